The maximum absolute atomic E-state index is 13.0. The highest BCUT2D eigenvalue weighted by Crippen LogP contribution is 2.49. The van der Waals surface area contributed by atoms with E-state index < -0.39 is 5.60 Å². The zero-order valence-electron chi connectivity index (χ0n) is 23.9. The number of fused-ring (bicyclic) bond motifs is 3. The Kier molecular flexibility index (Phi) is 11.5. The summed E-state index contributed by atoms with van der Waals surface area (Å²) in [6, 6.07) is 6.23. The summed E-state index contributed by atoms with van der Waals surface area (Å²) < 4.78 is 12.6. The van der Waals surface area contributed by atoms with Crippen molar-refractivity contribution in [3.8, 4) is 22.6 Å². The number of likely N-dealkylation sites (tertiary alicyclic amines) is 1. The number of piperidine rings is 1. The summed E-state index contributed by atoms with van der Waals surface area (Å²) in [6.45, 7) is 12.0. The molecule has 5 nitrogen and oxygen atoms in total. The second-order valence-electron chi connectivity index (χ2n) is 11.6. The molecular formula is C32H47ClN2O3. The fourth-order valence-electron chi connectivity index (χ4n) is 5.77. The molecule has 1 fully saturated rings. The van der Waals surface area contributed by atoms with Crippen LogP contribution in [0.1, 0.15) is 103 Å². The van der Waals surface area contributed by atoms with Gasteiger partial charge >= 0.3 is 5.97 Å². The fraction of sp³-hybridized carbons (Fsp3) is 0.625. The van der Waals surface area contributed by atoms with E-state index in [9.17, 15) is 4.79 Å². The summed E-state index contributed by atoms with van der Waals surface area (Å²) in [6.07, 6.45) is 16.0. The minimum Gasteiger partial charge on any atom is -0.482 e. The zero-order valence-corrected chi connectivity index (χ0v) is 24.7. The molecule has 0 saturated carbocycles. The molecule has 210 valence electrons. The first-order valence-electron chi connectivity index (χ1n) is 14.6. The number of hydrogen-bond acceptors (Lipinski definition) is 5. The molecule has 2 aliphatic rings. The third kappa shape index (κ3) is 7.95. The Morgan fingerprint density at radius 1 is 1.13 bits per heavy atom. The predicted molar refractivity (Wildman–Crippen MR) is 157 cm³/mol. The summed E-state index contributed by atoms with van der Waals surface area (Å²) in [7, 11) is 0. The van der Waals surface area contributed by atoms with E-state index in [2.05, 4.69) is 49.7 Å². The molecule has 0 amide bonds. The average Bonchev–Trinajstić information content (AvgIpc) is 2.88. The molecule has 0 aliphatic carbocycles. The first-order valence-corrected chi connectivity index (χ1v) is 14.6. The molecule has 38 heavy (non-hydrogen) atoms. The fourth-order valence-corrected chi connectivity index (χ4v) is 5.77. The van der Waals surface area contributed by atoms with Crippen LogP contribution >= 0.6 is 12.4 Å². The van der Waals surface area contributed by atoms with Gasteiger partial charge in [-0.15, -0.1) is 12.4 Å². The van der Waals surface area contributed by atoms with Crippen LogP contribution in [-0.2, 0) is 16.8 Å². The Labute approximate surface area is 236 Å². The van der Waals surface area contributed by atoms with Crippen LogP contribution in [0.15, 0.2) is 30.6 Å². The lowest BCUT2D eigenvalue weighted by molar-refractivity contribution is -0.134. The second kappa shape index (κ2) is 14.3. The Hall–Kier alpha value is -2.11. The Balaban J connectivity index is 0.00000400. The molecule has 1 aromatic carbocycles. The first kappa shape index (κ1) is 30.4. The van der Waals surface area contributed by atoms with Crippen LogP contribution < -0.4 is 9.47 Å². The molecule has 6 heteroatoms. The van der Waals surface area contributed by atoms with Gasteiger partial charge in [0.2, 0.25) is 0 Å². The van der Waals surface area contributed by atoms with E-state index in [1.54, 1.807) is 6.20 Å². The monoisotopic (exact) mass is 542 g/mol. The minimum atomic E-state index is -0.479. The lowest BCUT2D eigenvalue weighted by Gasteiger charge is -2.35. The maximum Gasteiger partial charge on any atom is 0.311 e. The van der Waals surface area contributed by atoms with Crippen molar-refractivity contribution in [1.29, 1.82) is 0 Å². The van der Waals surface area contributed by atoms with Gasteiger partial charge in [0, 0.05) is 29.9 Å². The van der Waals surface area contributed by atoms with Gasteiger partial charge in [0.15, 0.2) is 0 Å². The summed E-state index contributed by atoms with van der Waals surface area (Å²) in [5.74, 6) is 1.90. The molecule has 0 bridgehead atoms. The van der Waals surface area contributed by atoms with Crippen LogP contribution in [0.5, 0.6) is 11.5 Å². The molecular weight excluding hydrogens is 496 g/mol. The van der Waals surface area contributed by atoms with Crippen LogP contribution in [0.3, 0.4) is 0 Å². The van der Waals surface area contributed by atoms with Gasteiger partial charge in [-0.05, 0) is 95.3 Å². The standard InChI is InChI=1S/C32H46N2O3.ClH/c1-5-6-8-12-24(2)14-15-25-21-28(36-30(35)13-11-20-34-18-9-7-10-19-34)31-26-23-33-17-16-27(26)32(3,4)37-29(31)22-25;/h16-17,21-24H,5-15,18-20H2,1-4H3;1H. The SMILES string of the molecule is CCCCCC(C)CCc1cc(OC(=O)CCCN2CCCCC2)c2c(c1)OC(C)(C)c1ccncc1-2.Cl. The van der Waals surface area contributed by atoms with Gasteiger partial charge in [0.05, 0.1) is 5.56 Å². The highest BCUT2D eigenvalue weighted by atomic mass is 35.5. The molecule has 0 N–H and O–H groups in total. The number of pyridine rings is 1. The number of carbonyl (C=O) groups is 1. The highest BCUT2D eigenvalue weighted by Gasteiger charge is 2.35. The largest absolute Gasteiger partial charge is 0.482 e. The smallest absolute Gasteiger partial charge is 0.311 e. The Morgan fingerprint density at radius 3 is 2.68 bits per heavy atom. The topological polar surface area (TPSA) is 51.7 Å². The van der Waals surface area contributed by atoms with Crippen LogP contribution in [0.2, 0.25) is 0 Å². The van der Waals surface area contributed by atoms with Crippen LogP contribution in [0, 0.1) is 5.92 Å². The highest BCUT2D eigenvalue weighted by molar-refractivity contribution is 5.85. The number of aromatic nitrogens is 1. The molecule has 0 radical (unpaired) electrons. The van der Waals surface area contributed by atoms with E-state index in [0.29, 0.717) is 18.1 Å². The number of hydrogen-bond donors (Lipinski definition) is 0. The lowest BCUT2D eigenvalue weighted by atomic mass is 9.86. The van der Waals surface area contributed by atoms with Crippen LogP contribution in [-0.4, -0.2) is 35.5 Å². The Bertz CT molecular complexity index is 1050. The van der Waals surface area contributed by atoms with E-state index in [4.69, 9.17) is 9.47 Å². The third-order valence-corrected chi connectivity index (χ3v) is 7.98. The second-order valence-corrected chi connectivity index (χ2v) is 11.6. The normalized spacial score (nSPS) is 16.9. The van der Waals surface area contributed by atoms with Gasteiger partial charge in [0.1, 0.15) is 17.1 Å². The van der Waals surface area contributed by atoms with Crippen molar-refractivity contribution in [2.45, 2.75) is 104 Å². The number of carbonyl (C=O) groups excluding carboxylic acids is 1. The van der Waals surface area contributed by atoms with Crippen molar-refractivity contribution < 1.29 is 14.3 Å². The van der Waals surface area contributed by atoms with Gasteiger partial charge in [-0.1, -0.05) is 46.0 Å². The number of benzene rings is 1. The predicted octanol–water partition coefficient (Wildman–Crippen LogP) is 8.12. The molecule has 0 spiro atoms. The van der Waals surface area contributed by atoms with E-state index in [1.165, 1.54) is 50.5 Å². The zero-order chi connectivity index (χ0) is 26.3. The molecule has 1 saturated heterocycles. The van der Waals surface area contributed by atoms with Crippen molar-refractivity contribution in [3.63, 3.8) is 0 Å². The Morgan fingerprint density at radius 2 is 1.92 bits per heavy atom. The molecule has 1 unspecified atom stereocenters. The minimum absolute atomic E-state index is 0. The first-order chi connectivity index (χ1) is 17.9. The molecule has 2 aromatic rings. The third-order valence-electron chi connectivity index (χ3n) is 7.98. The average molecular weight is 543 g/mol. The van der Waals surface area contributed by atoms with Crippen molar-refractivity contribution in [2.75, 3.05) is 19.6 Å². The van der Waals surface area contributed by atoms with E-state index in [1.807, 2.05) is 12.3 Å². The summed E-state index contributed by atoms with van der Waals surface area (Å²) in [4.78, 5) is 19.9. The van der Waals surface area contributed by atoms with E-state index in [-0.39, 0.29) is 18.4 Å². The summed E-state index contributed by atoms with van der Waals surface area (Å²) >= 11 is 0. The van der Waals surface area contributed by atoms with Crippen molar-refractivity contribution >= 4 is 18.4 Å². The van der Waals surface area contributed by atoms with Gasteiger partial charge in [-0.2, -0.15) is 0 Å². The number of nitrogens with zero attached hydrogens (tertiary/aromatic N) is 2. The molecule has 4 rings (SSSR count). The number of rotatable bonds is 12. The van der Waals surface area contributed by atoms with Gasteiger partial charge in [-0.3, -0.25) is 9.78 Å². The summed E-state index contributed by atoms with van der Waals surface area (Å²) in [5.41, 5.74) is 3.60. The van der Waals surface area contributed by atoms with Crippen LogP contribution in [0.4, 0.5) is 0 Å². The quantitative estimate of drug-likeness (QED) is 0.154. The molecule has 1 atom stereocenters. The van der Waals surface area contributed by atoms with E-state index in [0.717, 1.165) is 61.3 Å². The summed E-state index contributed by atoms with van der Waals surface area (Å²) in [5, 5.41) is 0. The number of esters is 1. The number of aryl methyl sites for hydroxylation is 1. The maximum atomic E-state index is 13.0. The molecule has 3 heterocycles. The van der Waals surface area contributed by atoms with Crippen molar-refractivity contribution in [3.05, 3.63) is 41.7 Å². The number of halogens is 1. The van der Waals surface area contributed by atoms with Gasteiger partial charge in [-0.25, -0.2) is 0 Å². The van der Waals surface area contributed by atoms with Crippen molar-refractivity contribution in [2.24, 2.45) is 5.92 Å². The van der Waals surface area contributed by atoms with E-state index >= 15 is 0 Å². The van der Waals surface area contributed by atoms with Gasteiger partial charge in [0.25, 0.3) is 0 Å². The lowest BCUT2D eigenvalue weighted by Crippen LogP contribution is -2.31. The van der Waals surface area contributed by atoms with Gasteiger partial charge < -0.3 is 14.4 Å². The number of unbranched alkanes of at least 4 members (excludes halogenated alkanes) is 2. The van der Waals surface area contributed by atoms with Crippen LogP contribution in [0.25, 0.3) is 11.1 Å². The molecule has 1 aromatic heterocycles. The number of ether oxygens (including phenoxy) is 2. The van der Waals surface area contributed by atoms with Crippen molar-refractivity contribution in [1.82, 2.24) is 9.88 Å². The molecule has 2 aliphatic heterocycles.